The highest BCUT2D eigenvalue weighted by Gasteiger charge is 2.38. The molecule has 528 valence electrons. The fourth-order valence-electron chi connectivity index (χ4n) is 11.3. The van der Waals surface area contributed by atoms with Crippen LogP contribution in [0.4, 0.5) is 21.0 Å². The monoisotopic (exact) mass is 1490 g/mol. The smallest absolute Gasteiger partial charge is 0.415 e. The summed E-state index contributed by atoms with van der Waals surface area (Å²) in [5.74, 6) is 4.65. The van der Waals surface area contributed by atoms with Crippen molar-refractivity contribution in [3.63, 3.8) is 0 Å². The summed E-state index contributed by atoms with van der Waals surface area (Å²) >= 11 is 18.1. The number of amides is 4. The molecule has 0 spiro atoms. The first-order valence-electron chi connectivity index (χ1n) is 31.6. The number of alkyl halides is 2. The van der Waals surface area contributed by atoms with Gasteiger partial charge in [-0.1, -0.05) is 89.7 Å². The molecule has 12 rings (SSSR count). The largest absolute Gasteiger partial charge is 0.507 e. The van der Waals surface area contributed by atoms with Crippen LogP contribution in [0.5, 0.6) is 34.5 Å². The minimum Gasteiger partial charge on any atom is -0.507 e. The van der Waals surface area contributed by atoms with E-state index in [1.54, 1.807) is 111 Å². The quantitative estimate of drug-likeness (QED) is 0.0160. The minimum atomic E-state index is -0.480. The molecular weight excluding hydrogens is 1410 g/mol. The van der Waals surface area contributed by atoms with E-state index in [1.807, 2.05) is 159 Å². The number of aromatic nitrogens is 4. The number of phenolic OH excluding ortho intramolecular Hbond substituents is 1. The molecular formula is C73H81Cl3N10O10S4. The van der Waals surface area contributed by atoms with E-state index in [4.69, 9.17) is 58.5 Å². The van der Waals surface area contributed by atoms with Gasteiger partial charge in [0.05, 0.1) is 25.6 Å². The zero-order valence-corrected chi connectivity index (χ0v) is 61.5. The summed E-state index contributed by atoms with van der Waals surface area (Å²) in [6, 6.07) is 41.6. The fraction of sp³-hybridized carbons (Fsp3) is 0.315. The Labute approximate surface area is 613 Å². The molecule has 3 N–H and O–H groups in total. The second kappa shape index (κ2) is 36.1. The molecule has 10 aromatic rings. The highest BCUT2D eigenvalue weighted by molar-refractivity contribution is 8.77. The van der Waals surface area contributed by atoms with Crippen LogP contribution in [-0.2, 0) is 0 Å². The van der Waals surface area contributed by atoms with E-state index in [2.05, 4.69) is 19.9 Å². The first-order chi connectivity index (χ1) is 47.9. The number of anilines is 2. The van der Waals surface area contributed by atoms with Gasteiger partial charge in [0, 0.05) is 158 Å². The maximum absolute atomic E-state index is 14.2. The molecule has 20 nitrogen and oxygen atoms in total. The number of carbonyl (C=O) groups excluding carboxylic acids is 4. The predicted octanol–water partition coefficient (Wildman–Crippen LogP) is 16.2. The Morgan fingerprint density at radius 1 is 0.550 bits per heavy atom. The number of benzene rings is 6. The Kier molecular flexibility index (Phi) is 27.5. The average Bonchev–Trinajstić information content (AvgIpc) is 1.55. The zero-order chi connectivity index (χ0) is 70.3. The van der Waals surface area contributed by atoms with Crippen molar-refractivity contribution < 1.29 is 48.0 Å². The highest BCUT2D eigenvalue weighted by atomic mass is 35.5. The third-order valence-electron chi connectivity index (χ3n) is 16.4. The van der Waals surface area contributed by atoms with Gasteiger partial charge in [0.2, 0.25) is 0 Å². The van der Waals surface area contributed by atoms with Crippen LogP contribution in [0.15, 0.2) is 156 Å². The molecule has 0 saturated carbocycles. The molecule has 2 atom stereocenters. The maximum Gasteiger partial charge on any atom is 0.415 e. The van der Waals surface area contributed by atoms with Crippen LogP contribution in [0.25, 0.3) is 43.4 Å². The number of hydrogen-bond acceptors (Lipinski definition) is 18. The van der Waals surface area contributed by atoms with E-state index in [1.165, 1.54) is 4.90 Å². The van der Waals surface area contributed by atoms with Crippen LogP contribution < -0.4 is 33.5 Å². The summed E-state index contributed by atoms with van der Waals surface area (Å²) in [4.78, 5) is 77.4. The first-order valence-corrected chi connectivity index (χ1v) is 37.7. The molecule has 0 aliphatic carbocycles. The molecule has 0 bridgehead atoms. The molecule has 100 heavy (non-hydrogen) atoms. The zero-order valence-electron chi connectivity index (χ0n) is 56.0. The molecule has 0 saturated heterocycles. The van der Waals surface area contributed by atoms with Gasteiger partial charge in [-0.25, -0.2) is 14.8 Å². The number of fused-ring (bicyclic) bond motifs is 8. The Bertz CT molecular complexity index is 4460. The first kappa shape index (κ1) is 76.3. The van der Waals surface area contributed by atoms with Crippen molar-refractivity contribution in [3.05, 3.63) is 168 Å². The number of halogens is 3. The van der Waals surface area contributed by atoms with Crippen molar-refractivity contribution in [2.24, 2.45) is 0 Å². The molecule has 2 aliphatic heterocycles. The molecule has 6 heterocycles. The van der Waals surface area contributed by atoms with Gasteiger partial charge in [-0.05, 0) is 132 Å². The van der Waals surface area contributed by atoms with Crippen molar-refractivity contribution in [3.8, 4) is 34.5 Å². The van der Waals surface area contributed by atoms with Gasteiger partial charge < -0.3 is 68.2 Å². The van der Waals surface area contributed by atoms with Crippen molar-refractivity contribution in [2.45, 2.75) is 29.3 Å². The molecule has 4 amide bonds. The van der Waals surface area contributed by atoms with E-state index in [0.29, 0.717) is 108 Å². The van der Waals surface area contributed by atoms with Gasteiger partial charge in [0.15, 0.2) is 23.0 Å². The number of aromatic hydroxyl groups is 1. The van der Waals surface area contributed by atoms with Gasteiger partial charge in [0.25, 0.3) is 11.8 Å². The van der Waals surface area contributed by atoms with E-state index >= 15 is 0 Å². The van der Waals surface area contributed by atoms with E-state index < -0.39 is 11.5 Å². The Morgan fingerprint density at radius 3 is 1.43 bits per heavy atom. The minimum absolute atomic E-state index is 0. The lowest BCUT2D eigenvalue weighted by molar-refractivity contribution is 0.0977. The van der Waals surface area contributed by atoms with Crippen LogP contribution in [0, 0.1) is 0 Å². The van der Waals surface area contributed by atoms with E-state index in [0.717, 1.165) is 83.4 Å². The number of likely N-dealkylation sites (N-methyl/N-ethyl adjacent to an activating group) is 2. The Morgan fingerprint density at radius 2 is 0.990 bits per heavy atom. The lowest BCUT2D eigenvalue weighted by Gasteiger charge is -2.20. The summed E-state index contributed by atoms with van der Waals surface area (Å²) in [6.45, 7) is 4.51. The normalized spacial score (nSPS) is 13.7. The van der Waals surface area contributed by atoms with Gasteiger partial charge in [-0.3, -0.25) is 14.4 Å². The Balaban J connectivity index is 0.000000198. The number of hydrogen-bond donors (Lipinski definition) is 3. The molecule has 6 aromatic carbocycles. The van der Waals surface area contributed by atoms with Gasteiger partial charge >= 0.3 is 11.5 Å². The number of phenols is 1. The number of carbonyl (C=O) groups is 4. The molecule has 27 heteroatoms. The third-order valence-corrected chi connectivity index (χ3v) is 21.9. The van der Waals surface area contributed by atoms with E-state index in [9.17, 15) is 24.3 Å². The second-order valence-corrected chi connectivity index (χ2v) is 29.5. The number of nitrogens with one attached hydrogen (secondary N) is 2. The van der Waals surface area contributed by atoms with Crippen LogP contribution in [0.1, 0.15) is 51.4 Å². The summed E-state index contributed by atoms with van der Waals surface area (Å²) in [6.07, 6.45) is 3.04. The summed E-state index contributed by atoms with van der Waals surface area (Å²) in [5.41, 5.74) is 5.71. The number of H-pyrrole nitrogens is 2. The van der Waals surface area contributed by atoms with Crippen LogP contribution >= 0.6 is 78.0 Å². The van der Waals surface area contributed by atoms with Gasteiger partial charge in [-0.2, -0.15) is 0 Å². The van der Waals surface area contributed by atoms with Crippen molar-refractivity contribution in [2.75, 3.05) is 142 Å². The predicted molar refractivity (Wildman–Crippen MR) is 412 cm³/mol. The van der Waals surface area contributed by atoms with Crippen molar-refractivity contribution in [1.82, 2.24) is 39.5 Å². The molecule has 2 aliphatic rings. The third kappa shape index (κ3) is 18.6. The van der Waals surface area contributed by atoms with Crippen molar-refractivity contribution in [1.29, 1.82) is 0 Å². The number of pyridine rings is 2. The van der Waals surface area contributed by atoms with Gasteiger partial charge in [0.1, 0.15) is 46.2 Å². The van der Waals surface area contributed by atoms with Crippen LogP contribution in [-0.4, -0.2) is 200 Å². The Hall–Kier alpha value is -7.91. The number of nitrogens with zero attached hydrogens (tertiary/aromatic N) is 8. The molecule has 0 radical (unpaired) electrons. The summed E-state index contributed by atoms with van der Waals surface area (Å²) < 4.78 is 29.0. The lowest BCUT2D eigenvalue weighted by atomic mass is 9.95. The van der Waals surface area contributed by atoms with Gasteiger partial charge in [-0.15, -0.1) is 23.2 Å². The average molecular weight is 1490 g/mol. The SMILES string of the molecule is C.CN(CCSSc1ccccn1)C(=O)Cl.COc1cc2[nH]c(C(=O)N3C[C@@H](CCl)c4c3cc(O)c3ccccc43)cc2cc1OCCN(C)C.COc1cc2[nH]c(C(=O)N3C[C@@H](CCl)c4c3cc(OC(=O)N(C)CCSSc3ccccn3)c3ccccc43)cc2cc1OCCN(C)C. The summed E-state index contributed by atoms with van der Waals surface area (Å²) in [7, 11) is 21.0. The molecule has 4 aromatic heterocycles. The van der Waals surface area contributed by atoms with Crippen molar-refractivity contribution >= 4 is 156 Å². The van der Waals surface area contributed by atoms with E-state index in [-0.39, 0.29) is 36.8 Å². The van der Waals surface area contributed by atoms with Crippen LogP contribution in [0.3, 0.4) is 0 Å². The molecule has 0 unspecified atom stereocenters. The highest BCUT2D eigenvalue weighted by Crippen LogP contribution is 2.48. The number of methoxy groups -OCH3 is 2. The number of ether oxygens (including phenoxy) is 5. The summed E-state index contributed by atoms with van der Waals surface area (Å²) in [5, 5.41) is 17.2. The second-order valence-electron chi connectivity index (χ2n) is 23.7. The number of rotatable bonds is 25. The fourth-order valence-corrected chi connectivity index (χ4v) is 15.7. The standard InChI is InChI=1S/C36H38ClN5O5S2.C27H28ClN3O4.C9H11ClN2OS2.CH4/c1-40(2)13-15-46-32-18-23-17-28(39-27(23)19-31(32)45-4)35(43)42-22-24(21-37)34-26-10-6-5-9-25(26)30(20-29(34)42)47-36(44)41(3)14-16-48-49-33-11-7-8-12-38-33;1-30(2)8-9-35-25-11-16-10-21(29-20(16)12-24(25)34-3)27(33)31-15-17(14-28)26-19-7-5-4-6-18(19)23(32)13-22(26)31;1-12(9(10)13)6-7-14-15-8-4-2-3-5-11-8;/h5-12,17-20,24,39H,13-16,21-22H2,1-4H3;4-7,10-13,17,29,32H,8-9,14-15H2,1-3H3;2-5H,6-7H2,1H3;1H4/t24-;17-;;/m11../s1. The van der Waals surface area contributed by atoms with Crippen LogP contribution in [0.2, 0.25) is 0 Å². The number of aromatic amines is 2. The topological polar surface area (TPSA) is 211 Å². The lowest BCUT2D eigenvalue weighted by Crippen LogP contribution is -2.32. The maximum atomic E-state index is 14.2. The molecule has 0 fully saturated rings.